The smallest absolute Gasteiger partial charge is 0.264 e. The van der Waals surface area contributed by atoms with Gasteiger partial charge in [0.25, 0.3) is 10.0 Å². The number of aryl methyl sites for hydroxylation is 1. The molecule has 0 aliphatic heterocycles. The van der Waals surface area contributed by atoms with Crippen molar-refractivity contribution in [3.05, 3.63) is 118 Å². The van der Waals surface area contributed by atoms with Gasteiger partial charge >= 0.3 is 0 Å². The molecule has 0 aliphatic rings. The molecule has 0 radical (unpaired) electrons. The summed E-state index contributed by atoms with van der Waals surface area (Å²) in [6, 6.07) is 24.1. The molecule has 0 aliphatic carbocycles. The molecule has 260 valence electrons. The topological polar surface area (TPSA) is 105 Å². The number of amides is 2. The number of ether oxygens (including phenoxy) is 2. The highest BCUT2D eigenvalue weighted by atomic mass is 35.5. The predicted octanol–water partition coefficient (Wildman–Crippen LogP) is 7.07. The van der Waals surface area contributed by atoms with Crippen LogP contribution in [0.25, 0.3) is 0 Å². The second-order valence-electron chi connectivity index (χ2n) is 12.5. The van der Waals surface area contributed by atoms with Crippen LogP contribution in [-0.2, 0) is 32.6 Å². The maximum atomic E-state index is 14.8. The molecule has 1 atom stereocenters. The third kappa shape index (κ3) is 9.47. The van der Waals surface area contributed by atoms with Gasteiger partial charge in [0.05, 0.1) is 24.8 Å². The molecule has 0 bridgehead atoms. The summed E-state index contributed by atoms with van der Waals surface area (Å²) >= 11 is 13.2. The highest BCUT2D eigenvalue weighted by Gasteiger charge is 2.36. The first kappa shape index (κ1) is 37.6. The number of methoxy groups -OCH3 is 2. The third-order valence-electron chi connectivity index (χ3n) is 7.70. The number of halogens is 2. The van der Waals surface area contributed by atoms with Gasteiger partial charge in [-0.2, -0.15) is 0 Å². The number of nitrogens with zero attached hydrogens (tertiary/aromatic N) is 2. The fraction of sp³-hybridized carbons (Fsp3) is 0.297. The van der Waals surface area contributed by atoms with Crippen molar-refractivity contribution in [1.29, 1.82) is 0 Å². The van der Waals surface area contributed by atoms with Crippen LogP contribution in [0.15, 0.2) is 95.9 Å². The van der Waals surface area contributed by atoms with Crippen molar-refractivity contribution >= 4 is 50.7 Å². The Labute approximate surface area is 298 Å². The standard InChI is InChI=1S/C37H41Cl2N3O6S/c1-25-15-18-28(19-16-25)49(45,46)42(27-17-20-33(47-5)34(22-27)48-6)24-35(43)41(23-29-30(38)13-10-14-31(29)39)32(36(44)40-37(2,3)4)21-26-11-8-7-9-12-26/h7-20,22,32H,21,23-24H2,1-6H3,(H,40,44)/t32-/m1/s1. The van der Waals surface area contributed by atoms with Crippen molar-refractivity contribution in [2.24, 2.45) is 0 Å². The molecule has 49 heavy (non-hydrogen) atoms. The monoisotopic (exact) mass is 725 g/mol. The average molecular weight is 727 g/mol. The van der Waals surface area contributed by atoms with Gasteiger partial charge in [-0.25, -0.2) is 8.42 Å². The Balaban J connectivity index is 1.89. The summed E-state index contributed by atoms with van der Waals surface area (Å²) in [5.41, 5.74) is 1.59. The Morgan fingerprint density at radius 3 is 2.02 bits per heavy atom. The first-order valence-corrected chi connectivity index (χ1v) is 17.7. The summed E-state index contributed by atoms with van der Waals surface area (Å²) < 4.78 is 40.6. The number of carbonyl (C=O) groups is 2. The van der Waals surface area contributed by atoms with E-state index in [1.54, 1.807) is 36.4 Å². The molecule has 1 N–H and O–H groups in total. The van der Waals surface area contributed by atoms with E-state index in [0.29, 0.717) is 21.4 Å². The Kier molecular flexibility index (Phi) is 12.2. The van der Waals surface area contributed by atoms with Gasteiger partial charge in [0.2, 0.25) is 11.8 Å². The van der Waals surface area contributed by atoms with Crippen LogP contribution in [0.3, 0.4) is 0 Å². The summed E-state index contributed by atoms with van der Waals surface area (Å²) in [6.45, 7) is 6.54. The van der Waals surface area contributed by atoms with Crippen LogP contribution >= 0.6 is 23.2 Å². The minimum Gasteiger partial charge on any atom is -0.493 e. The van der Waals surface area contributed by atoms with Crippen molar-refractivity contribution in [2.45, 2.75) is 57.1 Å². The molecule has 12 heteroatoms. The number of benzene rings is 4. The van der Waals surface area contributed by atoms with Gasteiger partial charge in [-0.1, -0.05) is 77.3 Å². The van der Waals surface area contributed by atoms with E-state index in [4.69, 9.17) is 32.7 Å². The largest absolute Gasteiger partial charge is 0.493 e. The van der Waals surface area contributed by atoms with Crippen LogP contribution in [0.4, 0.5) is 5.69 Å². The molecule has 0 unspecified atom stereocenters. The Hall–Kier alpha value is -4.25. The molecule has 4 aromatic rings. The van der Waals surface area contributed by atoms with E-state index < -0.39 is 40.0 Å². The Morgan fingerprint density at radius 2 is 1.45 bits per heavy atom. The number of carbonyl (C=O) groups excluding carboxylic acids is 2. The molecule has 0 spiro atoms. The summed E-state index contributed by atoms with van der Waals surface area (Å²) in [6.07, 6.45) is 0.137. The number of nitrogens with one attached hydrogen (secondary N) is 1. The Morgan fingerprint density at radius 1 is 0.837 bits per heavy atom. The van der Waals surface area contributed by atoms with Gasteiger partial charge in [0.1, 0.15) is 12.6 Å². The van der Waals surface area contributed by atoms with E-state index in [1.165, 1.54) is 43.4 Å². The van der Waals surface area contributed by atoms with Gasteiger partial charge < -0.3 is 19.7 Å². The lowest BCUT2D eigenvalue weighted by molar-refractivity contribution is -0.140. The molecule has 0 saturated carbocycles. The van der Waals surface area contributed by atoms with Crippen LogP contribution < -0.4 is 19.1 Å². The van der Waals surface area contributed by atoms with E-state index in [1.807, 2.05) is 58.0 Å². The van der Waals surface area contributed by atoms with Crippen LogP contribution in [0.1, 0.15) is 37.5 Å². The quantitative estimate of drug-likeness (QED) is 0.158. The Bertz CT molecular complexity index is 1860. The van der Waals surface area contributed by atoms with E-state index in [0.717, 1.165) is 15.4 Å². The van der Waals surface area contributed by atoms with Gasteiger partial charge in [-0.15, -0.1) is 0 Å². The summed E-state index contributed by atoms with van der Waals surface area (Å²) in [4.78, 5) is 30.2. The van der Waals surface area contributed by atoms with E-state index >= 15 is 0 Å². The fourth-order valence-electron chi connectivity index (χ4n) is 5.21. The highest BCUT2D eigenvalue weighted by molar-refractivity contribution is 7.92. The number of hydrogen-bond donors (Lipinski definition) is 1. The average Bonchev–Trinajstić information content (AvgIpc) is 3.05. The van der Waals surface area contributed by atoms with Crippen LogP contribution in [-0.4, -0.2) is 57.5 Å². The van der Waals surface area contributed by atoms with Crippen molar-refractivity contribution < 1.29 is 27.5 Å². The molecular formula is C37H41Cl2N3O6S. The SMILES string of the molecule is COc1ccc(N(CC(=O)N(Cc2c(Cl)cccc2Cl)[C@H](Cc2ccccc2)C(=O)NC(C)(C)C)S(=O)(=O)c2ccc(C)cc2)cc1OC. The molecule has 2 amide bonds. The maximum Gasteiger partial charge on any atom is 0.264 e. The van der Waals surface area contributed by atoms with E-state index in [2.05, 4.69) is 5.32 Å². The fourth-order valence-corrected chi connectivity index (χ4v) is 7.13. The van der Waals surface area contributed by atoms with Crippen molar-refractivity contribution in [2.75, 3.05) is 25.1 Å². The lowest BCUT2D eigenvalue weighted by Crippen LogP contribution is -2.56. The maximum absolute atomic E-state index is 14.8. The van der Waals surface area contributed by atoms with E-state index in [9.17, 15) is 18.0 Å². The zero-order valence-electron chi connectivity index (χ0n) is 28.4. The van der Waals surface area contributed by atoms with Crippen molar-refractivity contribution in [1.82, 2.24) is 10.2 Å². The zero-order chi connectivity index (χ0) is 35.9. The van der Waals surface area contributed by atoms with Gasteiger partial charge in [-0.05, 0) is 69.7 Å². The van der Waals surface area contributed by atoms with E-state index in [-0.39, 0.29) is 29.3 Å². The van der Waals surface area contributed by atoms with Gasteiger partial charge in [0, 0.05) is 40.2 Å². The van der Waals surface area contributed by atoms with Gasteiger partial charge in [0.15, 0.2) is 11.5 Å². The minimum atomic E-state index is -4.33. The van der Waals surface area contributed by atoms with Crippen LogP contribution in [0.5, 0.6) is 11.5 Å². The highest BCUT2D eigenvalue weighted by Crippen LogP contribution is 2.34. The molecule has 4 rings (SSSR count). The lowest BCUT2D eigenvalue weighted by atomic mass is 10.0. The summed E-state index contributed by atoms with van der Waals surface area (Å²) in [7, 11) is -1.43. The number of sulfonamides is 1. The minimum absolute atomic E-state index is 0.0207. The molecule has 0 aromatic heterocycles. The first-order valence-electron chi connectivity index (χ1n) is 15.5. The van der Waals surface area contributed by atoms with Crippen molar-refractivity contribution in [3.63, 3.8) is 0 Å². The second kappa shape index (κ2) is 16.0. The summed E-state index contributed by atoms with van der Waals surface area (Å²) in [5, 5.41) is 3.59. The lowest BCUT2D eigenvalue weighted by Gasteiger charge is -2.35. The van der Waals surface area contributed by atoms with Crippen LogP contribution in [0.2, 0.25) is 10.0 Å². The molecule has 0 fully saturated rings. The molecule has 0 heterocycles. The molecule has 0 saturated heterocycles. The summed E-state index contributed by atoms with van der Waals surface area (Å²) in [5.74, 6) is -0.441. The normalized spacial score (nSPS) is 12.2. The predicted molar refractivity (Wildman–Crippen MR) is 194 cm³/mol. The number of rotatable bonds is 13. The second-order valence-corrected chi connectivity index (χ2v) is 15.2. The molecular weight excluding hydrogens is 685 g/mol. The third-order valence-corrected chi connectivity index (χ3v) is 10.2. The van der Waals surface area contributed by atoms with Crippen LogP contribution in [0, 0.1) is 6.92 Å². The van der Waals surface area contributed by atoms with Gasteiger partial charge in [-0.3, -0.25) is 13.9 Å². The molecule has 9 nitrogen and oxygen atoms in total. The molecule has 4 aromatic carbocycles. The first-order chi connectivity index (χ1) is 23.1. The number of anilines is 1. The van der Waals surface area contributed by atoms with Crippen molar-refractivity contribution in [3.8, 4) is 11.5 Å². The zero-order valence-corrected chi connectivity index (χ0v) is 30.7. The number of hydrogen-bond acceptors (Lipinski definition) is 6.